The molecule has 3 aromatic rings. The van der Waals surface area contributed by atoms with Crippen LogP contribution < -0.4 is 0 Å². The molecule has 0 radical (unpaired) electrons. The predicted octanol–water partition coefficient (Wildman–Crippen LogP) is 3.14. The largest absolute Gasteiger partial charge is 0.468 e. The zero-order valence-electron chi connectivity index (χ0n) is 15.8. The van der Waals surface area contributed by atoms with Crippen LogP contribution in [-0.2, 0) is 17.8 Å². The maximum absolute atomic E-state index is 13.7. The van der Waals surface area contributed by atoms with Gasteiger partial charge in [-0.15, -0.1) is 0 Å². The Balaban J connectivity index is 1.48. The maximum atomic E-state index is 13.7. The minimum Gasteiger partial charge on any atom is -0.468 e. The summed E-state index contributed by atoms with van der Waals surface area (Å²) in [6.45, 7) is 6.81. The van der Waals surface area contributed by atoms with Crippen LogP contribution in [0.5, 0.6) is 0 Å². The van der Waals surface area contributed by atoms with Crippen LogP contribution in [0.4, 0.5) is 4.39 Å². The van der Waals surface area contributed by atoms with E-state index in [0.717, 1.165) is 62.0 Å². The van der Waals surface area contributed by atoms with Gasteiger partial charge in [-0.05, 0) is 24.3 Å². The SMILES string of the molecule is Fc1cccc(-c2[nH]ncc2CN(CCN2CCOCC2)Cc2ccco2)c1. The molecule has 1 aliphatic heterocycles. The van der Waals surface area contributed by atoms with E-state index in [0.29, 0.717) is 13.1 Å². The Bertz CT molecular complexity index is 859. The summed E-state index contributed by atoms with van der Waals surface area (Å²) in [6, 6.07) is 10.5. The minimum absolute atomic E-state index is 0.252. The van der Waals surface area contributed by atoms with Crippen molar-refractivity contribution in [1.29, 1.82) is 0 Å². The molecule has 3 heterocycles. The van der Waals surface area contributed by atoms with Crippen LogP contribution in [0.1, 0.15) is 11.3 Å². The number of H-pyrrole nitrogens is 1. The lowest BCUT2D eigenvalue weighted by molar-refractivity contribution is 0.0321. The number of nitrogens with one attached hydrogen (secondary N) is 1. The zero-order chi connectivity index (χ0) is 19.2. The zero-order valence-corrected chi connectivity index (χ0v) is 15.8. The highest BCUT2D eigenvalue weighted by molar-refractivity contribution is 5.62. The molecule has 1 aliphatic rings. The summed E-state index contributed by atoms with van der Waals surface area (Å²) in [5, 5.41) is 7.23. The van der Waals surface area contributed by atoms with Gasteiger partial charge in [-0.1, -0.05) is 12.1 Å². The second-order valence-electron chi connectivity index (χ2n) is 7.02. The molecule has 1 N–H and O–H groups in total. The molecule has 1 aromatic carbocycles. The van der Waals surface area contributed by atoms with Crippen LogP contribution in [0, 0.1) is 5.82 Å². The lowest BCUT2D eigenvalue weighted by atomic mass is 10.1. The Morgan fingerprint density at radius 1 is 1.14 bits per heavy atom. The number of hydrogen-bond acceptors (Lipinski definition) is 5. The van der Waals surface area contributed by atoms with Crippen molar-refractivity contribution >= 4 is 0 Å². The average molecular weight is 384 g/mol. The molecule has 2 aromatic heterocycles. The number of morpholine rings is 1. The summed E-state index contributed by atoms with van der Waals surface area (Å²) in [5.41, 5.74) is 2.70. The molecule has 0 unspecified atom stereocenters. The van der Waals surface area contributed by atoms with Crippen molar-refractivity contribution in [2.24, 2.45) is 0 Å². The summed E-state index contributed by atoms with van der Waals surface area (Å²) in [5.74, 6) is 0.676. The standard InChI is InChI=1S/C21H25FN4O2/c22-19-4-1-3-17(13-19)21-18(14-23-24-21)15-26(16-20-5-2-10-28-20)7-6-25-8-11-27-12-9-25/h1-5,10,13-14H,6-9,11-12,15-16H2,(H,23,24). The number of rotatable bonds is 8. The van der Waals surface area contributed by atoms with E-state index in [9.17, 15) is 4.39 Å². The van der Waals surface area contributed by atoms with Crippen molar-refractivity contribution in [1.82, 2.24) is 20.0 Å². The molecule has 0 bridgehead atoms. The van der Waals surface area contributed by atoms with E-state index in [2.05, 4.69) is 20.0 Å². The van der Waals surface area contributed by atoms with Gasteiger partial charge in [0, 0.05) is 43.9 Å². The van der Waals surface area contributed by atoms with Crippen LogP contribution >= 0.6 is 0 Å². The number of hydrogen-bond donors (Lipinski definition) is 1. The second kappa shape index (κ2) is 9.14. The molecular formula is C21H25FN4O2. The Labute approximate surface area is 163 Å². The van der Waals surface area contributed by atoms with Gasteiger partial charge in [0.15, 0.2) is 0 Å². The van der Waals surface area contributed by atoms with Crippen LogP contribution in [0.25, 0.3) is 11.3 Å². The average Bonchev–Trinajstić information content (AvgIpc) is 3.39. The Morgan fingerprint density at radius 3 is 2.82 bits per heavy atom. The van der Waals surface area contributed by atoms with E-state index in [4.69, 9.17) is 9.15 Å². The Morgan fingerprint density at radius 2 is 2.04 bits per heavy atom. The first-order valence-corrected chi connectivity index (χ1v) is 9.61. The molecule has 1 saturated heterocycles. The van der Waals surface area contributed by atoms with Crippen LogP contribution in [0.3, 0.4) is 0 Å². The normalized spacial score (nSPS) is 15.4. The molecule has 0 spiro atoms. The Kier molecular flexibility index (Phi) is 6.16. The summed E-state index contributed by atoms with van der Waals surface area (Å²) < 4.78 is 24.7. The summed E-state index contributed by atoms with van der Waals surface area (Å²) in [4.78, 5) is 4.75. The van der Waals surface area contributed by atoms with Gasteiger partial charge in [-0.3, -0.25) is 14.9 Å². The van der Waals surface area contributed by atoms with E-state index in [-0.39, 0.29) is 5.82 Å². The molecule has 0 aliphatic carbocycles. The van der Waals surface area contributed by atoms with Gasteiger partial charge < -0.3 is 9.15 Å². The summed E-state index contributed by atoms with van der Waals surface area (Å²) in [7, 11) is 0. The first-order valence-electron chi connectivity index (χ1n) is 9.61. The number of nitrogens with zero attached hydrogens (tertiary/aromatic N) is 3. The molecule has 6 nitrogen and oxygen atoms in total. The van der Waals surface area contributed by atoms with Crippen LogP contribution in [0.15, 0.2) is 53.3 Å². The van der Waals surface area contributed by atoms with E-state index in [1.807, 2.05) is 24.4 Å². The third-order valence-corrected chi connectivity index (χ3v) is 5.02. The maximum Gasteiger partial charge on any atom is 0.123 e. The molecule has 0 atom stereocenters. The molecule has 1 fully saturated rings. The van der Waals surface area contributed by atoms with Crippen LogP contribution in [-0.4, -0.2) is 59.4 Å². The number of aromatic amines is 1. The van der Waals surface area contributed by atoms with E-state index >= 15 is 0 Å². The smallest absolute Gasteiger partial charge is 0.123 e. The molecule has 0 amide bonds. The van der Waals surface area contributed by atoms with Crippen LogP contribution in [0.2, 0.25) is 0 Å². The van der Waals surface area contributed by atoms with E-state index in [1.54, 1.807) is 12.3 Å². The minimum atomic E-state index is -0.252. The highest BCUT2D eigenvalue weighted by atomic mass is 19.1. The topological polar surface area (TPSA) is 57.5 Å². The van der Waals surface area contributed by atoms with E-state index in [1.165, 1.54) is 12.1 Å². The monoisotopic (exact) mass is 384 g/mol. The molecule has 7 heteroatoms. The van der Waals surface area contributed by atoms with Gasteiger partial charge in [-0.25, -0.2) is 4.39 Å². The number of benzene rings is 1. The lowest BCUT2D eigenvalue weighted by Crippen LogP contribution is -2.41. The molecule has 148 valence electrons. The number of furan rings is 1. The Hall–Kier alpha value is -2.48. The summed E-state index contributed by atoms with van der Waals surface area (Å²) >= 11 is 0. The highest BCUT2D eigenvalue weighted by Gasteiger charge is 2.17. The number of aromatic nitrogens is 2. The quantitative estimate of drug-likeness (QED) is 0.647. The third kappa shape index (κ3) is 4.86. The third-order valence-electron chi connectivity index (χ3n) is 5.02. The second-order valence-corrected chi connectivity index (χ2v) is 7.02. The molecule has 28 heavy (non-hydrogen) atoms. The molecule has 4 rings (SSSR count). The first-order chi connectivity index (χ1) is 13.8. The highest BCUT2D eigenvalue weighted by Crippen LogP contribution is 2.23. The van der Waals surface area contributed by atoms with Gasteiger partial charge in [0.25, 0.3) is 0 Å². The predicted molar refractivity (Wildman–Crippen MR) is 104 cm³/mol. The van der Waals surface area contributed by atoms with Gasteiger partial charge in [0.05, 0.1) is 37.9 Å². The lowest BCUT2D eigenvalue weighted by Gasteiger charge is -2.29. The van der Waals surface area contributed by atoms with Crippen molar-refractivity contribution < 1.29 is 13.5 Å². The first kappa shape index (κ1) is 18.9. The van der Waals surface area contributed by atoms with Gasteiger partial charge in [-0.2, -0.15) is 5.10 Å². The number of halogens is 1. The fraction of sp³-hybridized carbons (Fsp3) is 0.381. The molecule has 0 saturated carbocycles. The van der Waals surface area contributed by atoms with Crippen molar-refractivity contribution in [3.05, 3.63) is 66.0 Å². The van der Waals surface area contributed by atoms with Gasteiger partial charge >= 0.3 is 0 Å². The molecular weight excluding hydrogens is 359 g/mol. The van der Waals surface area contributed by atoms with E-state index < -0.39 is 0 Å². The fourth-order valence-electron chi connectivity index (χ4n) is 3.51. The van der Waals surface area contributed by atoms with Gasteiger partial charge in [0.2, 0.25) is 0 Å². The number of ether oxygens (including phenoxy) is 1. The van der Waals surface area contributed by atoms with Crippen molar-refractivity contribution in [3.8, 4) is 11.3 Å². The fourth-order valence-corrected chi connectivity index (χ4v) is 3.51. The van der Waals surface area contributed by atoms with Crippen molar-refractivity contribution in [2.45, 2.75) is 13.1 Å². The van der Waals surface area contributed by atoms with Crippen molar-refractivity contribution in [2.75, 3.05) is 39.4 Å². The van der Waals surface area contributed by atoms with Crippen molar-refractivity contribution in [3.63, 3.8) is 0 Å². The summed E-state index contributed by atoms with van der Waals surface area (Å²) in [6.07, 6.45) is 3.52. The van der Waals surface area contributed by atoms with Gasteiger partial charge in [0.1, 0.15) is 11.6 Å².